The zero-order valence-corrected chi connectivity index (χ0v) is 21.0. The van der Waals surface area contributed by atoms with Gasteiger partial charge in [0, 0.05) is 29.8 Å². The van der Waals surface area contributed by atoms with Crippen LogP contribution in [0.15, 0.2) is 21.8 Å². The number of rotatable bonds is 6. The van der Waals surface area contributed by atoms with Gasteiger partial charge in [-0.2, -0.15) is 0 Å². The molecule has 170 valence electrons. The molecule has 2 saturated heterocycles. The second-order valence-electron chi connectivity index (χ2n) is 7.02. The quantitative estimate of drug-likeness (QED) is 0.111. The maximum atomic E-state index is 12.7. The summed E-state index contributed by atoms with van der Waals surface area (Å²) in [4.78, 5) is 55.1. The number of nitrogens with two attached hydrogens (primary N) is 1. The number of β-lactam (4-membered cyclic amide) rings is 1. The van der Waals surface area contributed by atoms with Crippen LogP contribution in [0.1, 0.15) is 12.1 Å². The summed E-state index contributed by atoms with van der Waals surface area (Å²) in [5.74, 6) is -2.99. The van der Waals surface area contributed by atoms with Crippen LogP contribution in [0.5, 0.6) is 0 Å². The third kappa shape index (κ3) is 4.82. The third-order valence-electron chi connectivity index (χ3n) is 5.09. The van der Waals surface area contributed by atoms with Gasteiger partial charge in [-0.05, 0) is 6.42 Å². The number of likely N-dealkylation sites (tertiary alicyclic amines) is 1. The molecule has 0 saturated carbocycles. The molecule has 3 aliphatic heterocycles. The maximum Gasteiger partial charge on any atom is 1.00 e. The van der Waals surface area contributed by atoms with Gasteiger partial charge >= 0.3 is 35.7 Å². The predicted octanol–water partition coefficient (Wildman–Crippen LogP) is -4.85. The molecule has 1 aromatic heterocycles. The fraction of sp³-hybridized carbons (Fsp3) is 0.412. The summed E-state index contributed by atoms with van der Waals surface area (Å²) >= 11 is 2.23. The van der Waals surface area contributed by atoms with Gasteiger partial charge in [0.1, 0.15) is 23.7 Å². The molecule has 0 aliphatic carbocycles. The van der Waals surface area contributed by atoms with Crippen molar-refractivity contribution in [3.05, 3.63) is 22.3 Å². The first-order valence-electron chi connectivity index (χ1n) is 9.36. The Balaban J connectivity index is 0.00000306. The van der Waals surface area contributed by atoms with E-state index in [0.29, 0.717) is 13.1 Å². The van der Waals surface area contributed by atoms with Gasteiger partial charge in [-0.15, -0.1) is 23.1 Å². The van der Waals surface area contributed by atoms with Gasteiger partial charge in [0.15, 0.2) is 10.8 Å². The van der Waals surface area contributed by atoms with Crippen molar-refractivity contribution in [2.75, 3.05) is 31.2 Å². The van der Waals surface area contributed by atoms with Crippen LogP contribution in [0.4, 0.5) is 9.93 Å². The van der Waals surface area contributed by atoms with E-state index in [9.17, 15) is 29.5 Å². The number of nitrogens with one attached hydrogen (secondary N) is 1. The number of thiazole rings is 1. The molecule has 3 amide bonds. The molecule has 0 bridgehead atoms. The molecule has 4 heterocycles. The number of thioether (sulfide) groups is 1. The fourth-order valence-electron chi connectivity index (χ4n) is 3.34. The Labute approximate surface area is 217 Å². The Morgan fingerprint density at radius 3 is 2.67 bits per heavy atom. The van der Waals surface area contributed by atoms with Crippen molar-refractivity contribution in [2.24, 2.45) is 5.16 Å². The minimum atomic E-state index is -1.58. The Morgan fingerprint density at radius 1 is 1.39 bits per heavy atom. The van der Waals surface area contributed by atoms with E-state index in [4.69, 9.17) is 10.5 Å². The van der Waals surface area contributed by atoms with Gasteiger partial charge in [-0.25, -0.2) is 9.78 Å². The molecule has 0 aromatic carbocycles. The molecule has 4 rings (SSSR count). The topological polar surface area (TPSA) is 191 Å². The molecule has 0 radical (unpaired) electrons. The van der Waals surface area contributed by atoms with Crippen molar-refractivity contribution in [1.29, 1.82) is 0 Å². The van der Waals surface area contributed by atoms with Crippen molar-refractivity contribution in [1.82, 2.24) is 20.1 Å². The number of carboxylic acid groups (broad SMARTS) is 1. The first kappa shape index (κ1) is 25.3. The maximum absolute atomic E-state index is 12.7. The summed E-state index contributed by atoms with van der Waals surface area (Å²) in [6, 6.07) is -1.06. The largest absolute Gasteiger partial charge is 1.00 e. The van der Waals surface area contributed by atoms with Crippen LogP contribution in [0.3, 0.4) is 0 Å². The van der Waals surface area contributed by atoms with Crippen molar-refractivity contribution < 1.29 is 63.8 Å². The van der Waals surface area contributed by atoms with Gasteiger partial charge < -0.3 is 35.8 Å². The van der Waals surface area contributed by atoms with E-state index in [0.717, 1.165) is 22.7 Å². The van der Waals surface area contributed by atoms with Gasteiger partial charge in [0.05, 0.1) is 11.7 Å². The van der Waals surface area contributed by atoms with E-state index in [1.165, 1.54) is 22.0 Å². The number of fused-ring (bicyclic) bond motifs is 1. The van der Waals surface area contributed by atoms with Crippen LogP contribution in [0, 0.1) is 0 Å². The number of aliphatic carboxylic acids is 1. The third-order valence-corrected chi connectivity index (χ3v) is 7.10. The number of oxime groups is 1. The molecule has 1 unspecified atom stereocenters. The van der Waals surface area contributed by atoms with Gasteiger partial charge in [0.2, 0.25) is 0 Å². The SMILES string of the molecule is Nc1nc(/C(=N/O)C(=O)NC2C(=O)N3C(C(=O)[O-])=C(COC(=O)N4CCC4)CS[C@H]23)cs1.[Na+]. The summed E-state index contributed by atoms with van der Waals surface area (Å²) in [5, 5.41) is 27.1. The second-order valence-corrected chi connectivity index (χ2v) is 9.01. The minimum absolute atomic E-state index is 0. The van der Waals surface area contributed by atoms with Crippen molar-refractivity contribution in [3.8, 4) is 0 Å². The number of hydrogen-bond donors (Lipinski definition) is 3. The number of carbonyl (C=O) groups is 4. The Kier molecular flexibility index (Phi) is 7.89. The number of carboxylic acids is 1. The van der Waals surface area contributed by atoms with Crippen LogP contribution in [-0.4, -0.2) is 86.4 Å². The van der Waals surface area contributed by atoms with E-state index < -0.39 is 41.0 Å². The summed E-state index contributed by atoms with van der Waals surface area (Å²) in [7, 11) is 0. The number of anilines is 1. The number of amides is 3. The number of aromatic nitrogens is 1. The molecule has 33 heavy (non-hydrogen) atoms. The number of ether oxygens (including phenoxy) is 1. The van der Waals surface area contributed by atoms with Crippen molar-refractivity contribution >= 4 is 57.8 Å². The van der Waals surface area contributed by atoms with E-state index in [1.807, 2.05) is 0 Å². The fourth-order valence-corrected chi connectivity index (χ4v) is 5.22. The van der Waals surface area contributed by atoms with Crippen molar-refractivity contribution in [2.45, 2.75) is 17.8 Å². The Morgan fingerprint density at radius 2 is 2.12 bits per heavy atom. The molecule has 0 spiro atoms. The summed E-state index contributed by atoms with van der Waals surface area (Å²) in [5.41, 5.74) is 4.99. The van der Waals surface area contributed by atoms with Crippen LogP contribution >= 0.6 is 23.1 Å². The van der Waals surface area contributed by atoms with Crippen LogP contribution in [-0.2, 0) is 19.1 Å². The molecule has 13 nitrogen and oxygen atoms in total. The second kappa shape index (κ2) is 10.3. The van der Waals surface area contributed by atoms with Crippen LogP contribution in [0.25, 0.3) is 0 Å². The summed E-state index contributed by atoms with van der Waals surface area (Å²) in [6.45, 7) is 0.882. The van der Waals surface area contributed by atoms with E-state index in [1.54, 1.807) is 0 Å². The van der Waals surface area contributed by atoms with Crippen molar-refractivity contribution in [3.63, 3.8) is 0 Å². The normalized spacial score (nSPS) is 21.9. The van der Waals surface area contributed by atoms with Gasteiger partial charge in [-0.3, -0.25) is 14.5 Å². The molecular weight excluding hydrogens is 487 g/mol. The number of hydrogen-bond acceptors (Lipinski definition) is 12. The summed E-state index contributed by atoms with van der Waals surface area (Å²) < 4.78 is 5.15. The van der Waals surface area contributed by atoms with Crippen LogP contribution < -0.4 is 45.7 Å². The zero-order chi connectivity index (χ0) is 23.0. The zero-order valence-electron chi connectivity index (χ0n) is 17.3. The minimum Gasteiger partial charge on any atom is -0.543 e. The average molecular weight is 504 g/mol. The Hall–Kier alpha value is -2.33. The molecule has 2 fully saturated rings. The van der Waals surface area contributed by atoms with Gasteiger partial charge in [-0.1, -0.05) is 5.16 Å². The van der Waals surface area contributed by atoms with Crippen LogP contribution in [0.2, 0.25) is 0 Å². The molecule has 1 aromatic rings. The number of carbonyl (C=O) groups excluding carboxylic acids is 4. The molecular formula is C17H17N6NaO7S2. The van der Waals surface area contributed by atoms with E-state index in [2.05, 4.69) is 15.5 Å². The summed E-state index contributed by atoms with van der Waals surface area (Å²) in [6.07, 6.45) is 0.334. The number of nitrogen functional groups attached to an aromatic ring is 1. The number of nitrogens with zero attached hydrogens (tertiary/aromatic N) is 4. The predicted molar refractivity (Wildman–Crippen MR) is 109 cm³/mol. The molecule has 4 N–H and O–H groups in total. The van der Waals surface area contributed by atoms with Gasteiger partial charge in [0.25, 0.3) is 11.8 Å². The first-order chi connectivity index (χ1) is 15.3. The monoisotopic (exact) mass is 504 g/mol. The van der Waals surface area contributed by atoms with E-state index in [-0.39, 0.29) is 64.0 Å². The first-order valence-corrected chi connectivity index (χ1v) is 11.3. The average Bonchev–Trinajstić information content (AvgIpc) is 3.14. The van der Waals surface area contributed by atoms with E-state index >= 15 is 0 Å². The standard InChI is InChI=1S/C17H18N6O7S2.Na/c18-16-19-8(6-32-16)9(21-29)12(24)20-10-13(25)23-11(15(26)27)7(5-31-14(10)23)4-30-17(28)22-2-1-3-22;/h6,10,14,29H,1-5H2,(H2,18,19)(H,20,24)(H,26,27);/q;+1/p-1/b21-9-;/t10?,14-;/m1./s1. The molecule has 3 aliphatic rings. The molecule has 16 heteroatoms. The smallest absolute Gasteiger partial charge is 0.543 e. The molecule has 2 atom stereocenters. The Bertz CT molecular complexity index is 1060.